The molecule has 2 amide bonds. The minimum atomic E-state index is -1.02. The zero-order valence-corrected chi connectivity index (χ0v) is 12.6. The summed E-state index contributed by atoms with van der Waals surface area (Å²) in [6, 6.07) is 3.57. The molecule has 0 radical (unpaired) electrons. The van der Waals surface area contributed by atoms with Crippen LogP contribution < -0.4 is 15.0 Å². The molecule has 0 aromatic heterocycles. The Morgan fingerprint density at radius 2 is 2.05 bits per heavy atom. The van der Waals surface area contributed by atoms with E-state index in [-0.39, 0.29) is 17.6 Å². The summed E-state index contributed by atoms with van der Waals surface area (Å²) in [5.41, 5.74) is -0.671. The molecule has 1 aliphatic heterocycles. The number of amides is 2. The highest BCUT2D eigenvalue weighted by atomic mass is 19.1. The van der Waals surface area contributed by atoms with Gasteiger partial charge < -0.3 is 10.1 Å². The number of anilines is 1. The third-order valence-electron chi connectivity index (χ3n) is 3.45. The minimum Gasteiger partial charge on any atom is -0.491 e. The number of hydrogen-bond acceptors (Lipinski definition) is 3. The van der Waals surface area contributed by atoms with Crippen molar-refractivity contribution in [2.24, 2.45) is 0 Å². The summed E-state index contributed by atoms with van der Waals surface area (Å²) in [5.74, 6) is -0.979. The first-order valence-electron chi connectivity index (χ1n) is 6.86. The van der Waals surface area contributed by atoms with Gasteiger partial charge in [-0.05, 0) is 39.8 Å². The highest BCUT2D eigenvalue weighted by Gasteiger charge is 2.44. The molecule has 0 bridgehead atoms. The van der Waals surface area contributed by atoms with Crippen molar-refractivity contribution in [3.63, 3.8) is 0 Å². The second kappa shape index (κ2) is 5.35. The van der Waals surface area contributed by atoms with Crippen molar-refractivity contribution < 1.29 is 18.7 Å². The normalized spacial score (nSPS) is 21.2. The summed E-state index contributed by atoms with van der Waals surface area (Å²) < 4.78 is 19.1. The molecule has 1 heterocycles. The molecule has 114 valence electrons. The molecule has 1 aliphatic rings. The predicted molar refractivity (Wildman–Crippen MR) is 76.7 cm³/mol. The number of benzene rings is 1. The third-order valence-corrected chi connectivity index (χ3v) is 3.45. The standard InChI is InChI=1S/C15H19FN2O3/c1-5-21-12-7-6-10(8-11(12)16)18-9(2)13(19)17-15(3,4)14(18)20/h6-9H,5H2,1-4H3,(H,17,19). The monoisotopic (exact) mass is 294 g/mol. The zero-order valence-electron chi connectivity index (χ0n) is 12.6. The molecule has 0 saturated carbocycles. The van der Waals surface area contributed by atoms with Gasteiger partial charge in [0.1, 0.15) is 11.6 Å². The highest BCUT2D eigenvalue weighted by molar-refractivity contribution is 6.10. The van der Waals surface area contributed by atoms with Crippen LogP contribution in [0.25, 0.3) is 0 Å². The molecule has 6 heteroatoms. The van der Waals surface area contributed by atoms with E-state index in [0.29, 0.717) is 12.3 Å². The molecule has 0 spiro atoms. The fourth-order valence-corrected chi connectivity index (χ4v) is 2.31. The van der Waals surface area contributed by atoms with Gasteiger partial charge in [-0.2, -0.15) is 0 Å². The van der Waals surface area contributed by atoms with Crippen LogP contribution in [0.1, 0.15) is 27.7 Å². The Bertz CT molecular complexity index is 586. The first kappa shape index (κ1) is 15.3. The fourth-order valence-electron chi connectivity index (χ4n) is 2.31. The van der Waals surface area contributed by atoms with Crippen molar-refractivity contribution in [3.05, 3.63) is 24.0 Å². The van der Waals surface area contributed by atoms with Gasteiger partial charge >= 0.3 is 0 Å². The average Bonchev–Trinajstić information content (AvgIpc) is 2.40. The lowest BCUT2D eigenvalue weighted by molar-refractivity contribution is -0.136. The number of rotatable bonds is 3. The van der Waals surface area contributed by atoms with Crippen LogP contribution in [0, 0.1) is 5.82 Å². The van der Waals surface area contributed by atoms with Gasteiger partial charge in [-0.1, -0.05) is 0 Å². The van der Waals surface area contributed by atoms with Crippen molar-refractivity contribution in [2.75, 3.05) is 11.5 Å². The lowest BCUT2D eigenvalue weighted by atomic mass is 9.96. The van der Waals surface area contributed by atoms with Gasteiger partial charge in [-0.3, -0.25) is 14.5 Å². The van der Waals surface area contributed by atoms with Gasteiger partial charge in [0.25, 0.3) is 5.91 Å². The molecular formula is C15H19FN2O3. The summed E-state index contributed by atoms with van der Waals surface area (Å²) in [7, 11) is 0. The molecule has 1 fully saturated rings. The van der Waals surface area contributed by atoms with E-state index in [1.165, 1.54) is 17.0 Å². The number of ether oxygens (including phenoxy) is 1. The topological polar surface area (TPSA) is 58.6 Å². The van der Waals surface area contributed by atoms with Crippen LogP contribution in [-0.4, -0.2) is 30.0 Å². The molecule has 5 nitrogen and oxygen atoms in total. The molecular weight excluding hydrogens is 275 g/mol. The van der Waals surface area contributed by atoms with Crippen molar-refractivity contribution in [1.29, 1.82) is 0 Å². The number of nitrogens with one attached hydrogen (secondary N) is 1. The maximum Gasteiger partial charge on any atom is 0.252 e. The number of piperazine rings is 1. The molecule has 21 heavy (non-hydrogen) atoms. The maximum atomic E-state index is 14.0. The predicted octanol–water partition coefficient (Wildman–Crippen LogP) is 1.85. The Labute approximate surface area is 123 Å². The Morgan fingerprint density at radius 1 is 1.38 bits per heavy atom. The first-order valence-corrected chi connectivity index (χ1v) is 6.86. The summed E-state index contributed by atoms with van der Waals surface area (Å²) in [6.45, 7) is 6.96. The van der Waals surface area contributed by atoms with E-state index in [9.17, 15) is 14.0 Å². The second-order valence-electron chi connectivity index (χ2n) is 5.51. The maximum absolute atomic E-state index is 14.0. The fraction of sp³-hybridized carbons (Fsp3) is 0.467. The third kappa shape index (κ3) is 2.70. The number of halogens is 1. The number of hydrogen-bond donors (Lipinski definition) is 1. The summed E-state index contributed by atoms with van der Waals surface area (Å²) in [4.78, 5) is 25.8. The van der Waals surface area contributed by atoms with E-state index in [1.54, 1.807) is 33.8 Å². The van der Waals surface area contributed by atoms with Crippen LogP contribution in [0.2, 0.25) is 0 Å². The molecule has 2 rings (SSSR count). The van der Waals surface area contributed by atoms with Gasteiger partial charge in [0.2, 0.25) is 5.91 Å². The van der Waals surface area contributed by atoms with Gasteiger partial charge in [0.05, 0.1) is 6.61 Å². The van der Waals surface area contributed by atoms with Crippen LogP contribution in [-0.2, 0) is 9.59 Å². The van der Waals surface area contributed by atoms with Gasteiger partial charge in [-0.15, -0.1) is 0 Å². The molecule has 0 aliphatic carbocycles. The Kier molecular flexibility index (Phi) is 3.89. The number of nitrogens with zero attached hydrogens (tertiary/aromatic N) is 1. The quantitative estimate of drug-likeness (QED) is 0.925. The van der Waals surface area contributed by atoms with E-state index in [1.807, 2.05) is 0 Å². The van der Waals surface area contributed by atoms with Gasteiger partial charge in [0, 0.05) is 11.8 Å². The molecule has 1 aromatic carbocycles. The van der Waals surface area contributed by atoms with Crippen LogP contribution in [0.5, 0.6) is 5.75 Å². The van der Waals surface area contributed by atoms with Crippen LogP contribution in [0.4, 0.5) is 10.1 Å². The molecule has 1 saturated heterocycles. The number of carbonyl (C=O) groups excluding carboxylic acids is 2. The van der Waals surface area contributed by atoms with Crippen molar-refractivity contribution in [3.8, 4) is 5.75 Å². The molecule has 1 unspecified atom stereocenters. The lowest BCUT2D eigenvalue weighted by Crippen LogP contribution is -2.67. The lowest BCUT2D eigenvalue weighted by Gasteiger charge is -2.41. The van der Waals surface area contributed by atoms with Crippen LogP contribution >= 0.6 is 0 Å². The van der Waals surface area contributed by atoms with E-state index in [0.717, 1.165) is 0 Å². The SMILES string of the molecule is CCOc1ccc(N2C(=O)C(C)(C)NC(=O)C2C)cc1F. The van der Waals surface area contributed by atoms with Gasteiger partial charge in [0.15, 0.2) is 11.6 Å². The summed E-state index contributed by atoms with van der Waals surface area (Å²) in [6.07, 6.45) is 0. The van der Waals surface area contributed by atoms with E-state index in [2.05, 4.69) is 5.32 Å². The van der Waals surface area contributed by atoms with E-state index < -0.39 is 17.4 Å². The second-order valence-corrected chi connectivity index (χ2v) is 5.51. The summed E-state index contributed by atoms with van der Waals surface area (Å²) >= 11 is 0. The molecule has 1 aromatic rings. The summed E-state index contributed by atoms with van der Waals surface area (Å²) in [5, 5.41) is 2.65. The van der Waals surface area contributed by atoms with Crippen LogP contribution in [0.15, 0.2) is 18.2 Å². The van der Waals surface area contributed by atoms with Crippen molar-refractivity contribution in [2.45, 2.75) is 39.3 Å². The highest BCUT2D eigenvalue weighted by Crippen LogP contribution is 2.29. The Hall–Kier alpha value is -2.11. The first-order chi connectivity index (χ1) is 9.77. The van der Waals surface area contributed by atoms with E-state index in [4.69, 9.17) is 4.74 Å². The number of carbonyl (C=O) groups is 2. The van der Waals surface area contributed by atoms with Crippen molar-refractivity contribution >= 4 is 17.5 Å². The zero-order chi connectivity index (χ0) is 15.8. The van der Waals surface area contributed by atoms with Crippen molar-refractivity contribution in [1.82, 2.24) is 5.32 Å². The smallest absolute Gasteiger partial charge is 0.252 e. The minimum absolute atomic E-state index is 0.127. The van der Waals surface area contributed by atoms with Gasteiger partial charge in [-0.25, -0.2) is 4.39 Å². The largest absolute Gasteiger partial charge is 0.491 e. The Morgan fingerprint density at radius 3 is 2.62 bits per heavy atom. The molecule has 1 N–H and O–H groups in total. The van der Waals surface area contributed by atoms with Crippen LogP contribution in [0.3, 0.4) is 0 Å². The Balaban J connectivity index is 2.41. The average molecular weight is 294 g/mol. The molecule has 1 atom stereocenters. The van der Waals surface area contributed by atoms with E-state index >= 15 is 0 Å².